The van der Waals surface area contributed by atoms with Gasteiger partial charge in [0.25, 0.3) is 5.91 Å². The Bertz CT molecular complexity index is 1050. The molecular formula is C26H35FN2O3. The minimum absolute atomic E-state index is 0.125. The van der Waals surface area contributed by atoms with Crippen molar-refractivity contribution in [3.05, 3.63) is 65.2 Å². The molecule has 174 valence electrons. The summed E-state index contributed by atoms with van der Waals surface area (Å²) in [7, 11) is 1.54. The number of fused-ring (bicyclic) bond motifs is 1. The van der Waals surface area contributed by atoms with Crippen molar-refractivity contribution in [2.24, 2.45) is 0 Å². The average molecular weight is 443 g/mol. The number of hydrogen-bond acceptors (Lipinski definition) is 3. The third-order valence-electron chi connectivity index (χ3n) is 4.88. The van der Waals surface area contributed by atoms with Gasteiger partial charge in [0.1, 0.15) is 11.4 Å². The van der Waals surface area contributed by atoms with Gasteiger partial charge in [-0.2, -0.15) is 0 Å². The Balaban J connectivity index is 0.00000121. The zero-order valence-corrected chi connectivity index (χ0v) is 20.4. The van der Waals surface area contributed by atoms with E-state index in [9.17, 15) is 14.0 Å². The van der Waals surface area contributed by atoms with Gasteiger partial charge in [-0.05, 0) is 36.8 Å². The number of hydrogen-bond donors (Lipinski definition) is 2. The van der Waals surface area contributed by atoms with Crippen LogP contribution in [-0.2, 0) is 10.2 Å². The van der Waals surface area contributed by atoms with E-state index >= 15 is 0 Å². The molecule has 0 fully saturated rings. The average Bonchev–Trinajstić information content (AvgIpc) is 3.14. The highest BCUT2D eigenvalue weighted by atomic mass is 19.1. The number of halogens is 1. The first-order valence-corrected chi connectivity index (χ1v) is 11.0. The first-order valence-electron chi connectivity index (χ1n) is 11.0. The predicted molar refractivity (Wildman–Crippen MR) is 130 cm³/mol. The number of aryl methyl sites for hydroxylation is 1. The molecule has 3 rings (SSSR count). The van der Waals surface area contributed by atoms with Gasteiger partial charge < -0.3 is 15.1 Å². The van der Waals surface area contributed by atoms with E-state index in [1.165, 1.54) is 12.1 Å². The number of carbonyl (C=O) groups excluding carboxylic acids is 2. The van der Waals surface area contributed by atoms with Gasteiger partial charge in [-0.15, -0.1) is 0 Å². The van der Waals surface area contributed by atoms with Crippen molar-refractivity contribution in [2.45, 2.75) is 60.3 Å². The standard InChI is InChI=1S/C22H23FN2O3.2C2H6/c1-13-15-7-5-6-8-18(15)28-20(13)21(27)25-14-9-10-17(23)16(11-14)22(2,3)12-19(26)24-4;2*1-2/h5-11H,12H2,1-4H3,(H,24,26)(H,25,27);2*1-2H3. The summed E-state index contributed by atoms with van der Waals surface area (Å²) in [6, 6.07) is 11.8. The summed E-state index contributed by atoms with van der Waals surface area (Å²) in [5.41, 5.74) is 1.44. The minimum Gasteiger partial charge on any atom is -0.451 e. The molecule has 0 saturated heterocycles. The maximum Gasteiger partial charge on any atom is 0.291 e. The molecule has 1 aromatic heterocycles. The van der Waals surface area contributed by atoms with Gasteiger partial charge >= 0.3 is 0 Å². The second kappa shape index (κ2) is 12.0. The number of carbonyl (C=O) groups is 2. The maximum atomic E-state index is 14.4. The van der Waals surface area contributed by atoms with E-state index in [0.29, 0.717) is 16.8 Å². The molecule has 3 aromatic rings. The van der Waals surface area contributed by atoms with Gasteiger partial charge in [-0.3, -0.25) is 9.59 Å². The SMILES string of the molecule is CC.CC.CNC(=O)CC(C)(C)c1cc(NC(=O)c2oc3ccccc3c2C)ccc1F. The van der Waals surface area contributed by atoms with Crippen molar-refractivity contribution in [3.63, 3.8) is 0 Å². The fraction of sp³-hybridized carbons (Fsp3) is 0.385. The zero-order chi connectivity index (χ0) is 24.5. The second-order valence-corrected chi connectivity index (χ2v) is 7.43. The van der Waals surface area contributed by atoms with E-state index in [0.717, 1.165) is 10.9 Å². The van der Waals surface area contributed by atoms with Gasteiger partial charge in [0.15, 0.2) is 5.76 Å². The number of amides is 2. The Morgan fingerprint density at radius 3 is 2.25 bits per heavy atom. The largest absolute Gasteiger partial charge is 0.451 e. The minimum atomic E-state index is -0.736. The van der Waals surface area contributed by atoms with Crippen molar-refractivity contribution < 1.29 is 18.4 Å². The summed E-state index contributed by atoms with van der Waals surface area (Å²) < 4.78 is 20.1. The van der Waals surface area contributed by atoms with Crippen LogP contribution in [0.4, 0.5) is 10.1 Å². The van der Waals surface area contributed by atoms with E-state index in [2.05, 4.69) is 10.6 Å². The Hall–Kier alpha value is -3.15. The van der Waals surface area contributed by atoms with Gasteiger partial charge in [-0.25, -0.2) is 4.39 Å². The normalized spacial score (nSPS) is 10.4. The number of rotatable bonds is 5. The molecule has 0 atom stereocenters. The molecule has 0 unspecified atom stereocenters. The fourth-order valence-electron chi connectivity index (χ4n) is 3.29. The third kappa shape index (κ3) is 6.19. The molecule has 0 aliphatic rings. The van der Waals surface area contributed by atoms with Crippen molar-refractivity contribution in [3.8, 4) is 0 Å². The molecule has 2 amide bonds. The summed E-state index contributed by atoms with van der Waals surface area (Å²) in [6.45, 7) is 13.4. The van der Waals surface area contributed by atoms with Gasteiger partial charge in [0.05, 0.1) is 0 Å². The third-order valence-corrected chi connectivity index (χ3v) is 4.88. The van der Waals surface area contributed by atoms with Crippen molar-refractivity contribution in [1.82, 2.24) is 5.32 Å². The molecule has 2 N–H and O–H groups in total. The van der Waals surface area contributed by atoms with Crippen LogP contribution in [0.1, 0.15) is 69.6 Å². The molecule has 32 heavy (non-hydrogen) atoms. The van der Waals surface area contributed by atoms with Crippen LogP contribution in [0.5, 0.6) is 0 Å². The van der Waals surface area contributed by atoms with E-state index in [1.807, 2.05) is 52.8 Å². The Morgan fingerprint density at radius 1 is 1.03 bits per heavy atom. The lowest BCUT2D eigenvalue weighted by molar-refractivity contribution is -0.121. The zero-order valence-electron chi connectivity index (χ0n) is 20.4. The lowest BCUT2D eigenvalue weighted by Gasteiger charge is -2.25. The quantitative estimate of drug-likeness (QED) is 0.468. The lowest BCUT2D eigenvalue weighted by atomic mass is 9.80. The van der Waals surface area contributed by atoms with Gasteiger partial charge in [0.2, 0.25) is 5.91 Å². The topological polar surface area (TPSA) is 71.3 Å². The molecule has 5 nitrogen and oxygen atoms in total. The smallest absolute Gasteiger partial charge is 0.291 e. The molecule has 0 bridgehead atoms. The van der Waals surface area contributed by atoms with E-state index in [-0.39, 0.29) is 18.1 Å². The molecule has 1 heterocycles. The molecule has 0 aliphatic heterocycles. The van der Waals surface area contributed by atoms with Crippen molar-refractivity contribution in [1.29, 1.82) is 0 Å². The molecule has 2 aromatic carbocycles. The molecule has 0 aliphatic carbocycles. The Kier molecular flexibility index (Phi) is 10.1. The van der Waals surface area contributed by atoms with Crippen LogP contribution in [0.3, 0.4) is 0 Å². The van der Waals surface area contributed by atoms with Crippen LogP contribution in [0.2, 0.25) is 0 Å². The summed E-state index contributed by atoms with van der Waals surface area (Å²) in [5, 5.41) is 6.20. The van der Waals surface area contributed by atoms with Crippen LogP contribution in [0, 0.1) is 12.7 Å². The van der Waals surface area contributed by atoms with Crippen LogP contribution >= 0.6 is 0 Å². The number of anilines is 1. The Labute approximate surface area is 190 Å². The second-order valence-electron chi connectivity index (χ2n) is 7.43. The lowest BCUT2D eigenvalue weighted by Crippen LogP contribution is -2.29. The highest BCUT2D eigenvalue weighted by Gasteiger charge is 2.28. The number of para-hydroxylation sites is 1. The van der Waals surface area contributed by atoms with Gasteiger partial charge in [0, 0.05) is 35.5 Å². The maximum absolute atomic E-state index is 14.4. The Morgan fingerprint density at radius 2 is 1.66 bits per heavy atom. The predicted octanol–water partition coefficient (Wildman–Crippen LogP) is 6.60. The summed E-state index contributed by atoms with van der Waals surface area (Å²) >= 11 is 0. The van der Waals surface area contributed by atoms with E-state index < -0.39 is 17.1 Å². The summed E-state index contributed by atoms with van der Waals surface area (Å²) in [5.74, 6) is -0.796. The molecular weight excluding hydrogens is 407 g/mol. The number of furan rings is 1. The van der Waals surface area contributed by atoms with Crippen LogP contribution < -0.4 is 10.6 Å². The highest BCUT2D eigenvalue weighted by molar-refractivity contribution is 6.06. The number of nitrogens with one attached hydrogen (secondary N) is 2. The molecule has 0 spiro atoms. The van der Waals surface area contributed by atoms with E-state index in [4.69, 9.17) is 4.42 Å². The first kappa shape index (κ1) is 26.9. The van der Waals surface area contributed by atoms with Crippen LogP contribution in [0.15, 0.2) is 46.9 Å². The molecule has 6 heteroatoms. The number of benzene rings is 2. The van der Waals surface area contributed by atoms with Crippen molar-refractivity contribution in [2.75, 3.05) is 12.4 Å². The summed E-state index contributed by atoms with van der Waals surface area (Å²) in [6.07, 6.45) is 0.125. The van der Waals surface area contributed by atoms with Gasteiger partial charge in [-0.1, -0.05) is 59.7 Å². The van der Waals surface area contributed by atoms with Crippen LogP contribution in [0.25, 0.3) is 11.0 Å². The summed E-state index contributed by atoms with van der Waals surface area (Å²) in [4.78, 5) is 24.5. The highest BCUT2D eigenvalue weighted by Crippen LogP contribution is 2.32. The van der Waals surface area contributed by atoms with Crippen molar-refractivity contribution >= 4 is 28.5 Å². The van der Waals surface area contributed by atoms with Crippen LogP contribution in [-0.4, -0.2) is 18.9 Å². The van der Waals surface area contributed by atoms with E-state index in [1.54, 1.807) is 33.0 Å². The first-order chi connectivity index (χ1) is 15.2. The molecule has 0 radical (unpaired) electrons. The fourth-order valence-corrected chi connectivity index (χ4v) is 3.29. The monoisotopic (exact) mass is 442 g/mol. The molecule has 0 saturated carbocycles.